The van der Waals surface area contributed by atoms with Gasteiger partial charge in [0.1, 0.15) is 6.04 Å². The van der Waals surface area contributed by atoms with E-state index in [-0.39, 0.29) is 41.6 Å². The van der Waals surface area contributed by atoms with E-state index in [4.69, 9.17) is 0 Å². The van der Waals surface area contributed by atoms with E-state index in [1.807, 2.05) is 13.8 Å². The van der Waals surface area contributed by atoms with Gasteiger partial charge in [-0.3, -0.25) is 9.59 Å². The molecule has 2 amide bonds. The van der Waals surface area contributed by atoms with Crippen LogP contribution in [0.25, 0.3) is 0 Å². The molecule has 1 N–H and O–H groups in total. The van der Waals surface area contributed by atoms with Crippen molar-refractivity contribution in [2.45, 2.75) is 32.7 Å². The number of hydrogen-bond acceptors (Lipinski definition) is 4. The van der Waals surface area contributed by atoms with E-state index in [9.17, 15) is 18.0 Å². The monoisotopic (exact) mass is 302 g/mol. The maximum absolute atomic E-state index is 12.4. The van der Waals surface area contributed by atoms with Crippen molar-refractivity contribution in [2.24, 2.45) is 11.8 Å². The van der Waals surface area contributed by atoms with Crippen LogP contribution in [0, 0.1) is 11.8 Å². The van der Waals surface area contributed by atoms with E-state index in [1.54, 1.807) is 4.90 Å². The summed E-state index contributed by atoms with van der Waals surface area (Å²) in [4.78, 5) is 25.7. The molecule has 0 aromatic heterocycles. The van der Waals surface area contributed by atoms with E-state index in [0.29, 0.717) is 19.5 Å². The van der Waals surface area contributed by atoms with Gasteiger partial charge in [-0.25, -0.2) is 8.42 Å². The second kappa shape index (κ2) is 5.71. The molecule has 2 fully saturated rings. The molecule has 2 unspecified atom stereocenters. The average Bonchev–Trinajstić information content (AvgIpc) is 2.62. The van der Waals surface area contributed by atoms with Crippen LogP contribution >= 0.6 is 0 Å². The second-order valence-corrected chi connectivity index (χ2v) is 8.32. The number of nitrogens with zero attached hydrogens (tertiary/aromatic N) is 1. The molecule has 2 rings (SSSR count). The number of amides is 2. The molecule has 0 aromatic rings. The third kappa shape index (κ3) is 3.50. The maximum Gasteiger partial charge on any atom is 0.245 e. The summed E-state index contributed by atoms with van der Waals surface area (Å²) in [5.74, 6) is 0.202. The van der Waals surface area contributed by atoms with Crippen LogP contribution in [0.4, 0.5) is 0 Å². The molecular formula is C13H22N2O4S. The molecule has 6 nitrogen and oxygen atoms in total. The molecule has 0 saturated carbocycles. The fourth-order valence-corrected chi connectivity index (χ4v) is 4.66. The van der Waals surface area contributed by atoms with Gasteiger partial charge in [0.05, 0.1) is 11.5 Å². The molecule has 20 heavy (non-hydrogen) atoms. The largest absolute Gasteiger partial charge is 0.344 e. The predicted molar refractivity (Wildman–Crippen MR) is 74.7 cm³/mol. The lowest BCUT2D eigenvalue weighted by molar-refractivity contribution is -0.135. The zero-order chi connectivity index (χ0) is 14.9. The number of carbonyl (C=O) groups excluding carboxylic acids is 2. The highest BCUT2D eigenvalue weighted by Gasteiger charge is 2.35. The van der Waals surface area contributed by atoms with Crippen molar-refractivity contribution >= 4 is 21.7 Å². The third-order valence-corrected chi connectivity index (χ3v) is 5.81. The molecular weight excluding hydrogens is 280 g/mol. The fraction of sp³-hybridized carbons (Fsp3) is 0.846. The minimum Gasteiger partial charge on any atom is -0.344 e. The van der Waals surface area contributed by atoms with Crippen molar-refractivity contribution in [1.82, 2.24) is 10.2 Å². The SMILES string of the molecule is CC(C)C1NC(=O)CCN(CC2CCS(=O)(=O)C2)C1=O. The number of hydrogen-bond donors (Lipinski definition) is 1. The van der Waals surface area contributed by atoms with Crippen LogP contribution in [0.15, 0.2) is 0 Å². The van der Waals surface area contributed by atoms with E-state index in [1.165, 1.54) is 0 Å². The minimum atomic E-state index is -2.93. The Morgan fingerprint density at radius 1 is 1.35 bits per heavy atom. The van der Waals surface area contributed by atoms with Gasteiger partial charge in [0, 0.05) is 19.5 Å². The van der Waals surface area contributed by atoms with Crippen molar-refractivity contribution in [2.75, 3.05) is 24.6 Å². The summed E-state index contributed by atoms with van der Waals surface area (Å²) >= 11 is 0. The molecule has 0 aromatic carbocycles. The molecule has 2 aliphatic heterocycles. The van der Waals surface area contributed by atoms with Gasteiger partial charge in [-0.05, 0) is 18.3 Å². The first kappa shape index (κ1) is 15.3. The maximum atomic E-state index is 12.4. The lowest BCUT2D eigenvalue weighted by Gasteiger charge is -2.27. The van der Waals surface area contributed by atoms with Crippen LogP contribution < -0.4 is 5.32 Å². The minimum absolute atomic E-state index is 0.00460. The summed E-state index contributed by atoms with van der Waals surface area (Å²) in [6, 6.07) is -0.497. The Balaban J connectivity index is 2.06. The number of carbonyl (C=O) groups is 2. The lowest BCUT2D eigenvalue weighted by atomic mass is 10.0. The van der Waals surface area contributed by atoms with Crippen LogP contribution in [0.1, 0.15) is 26.7 Å². The summed E-state index contributed by atoms with van der Waals surface area (Å²) in [5.41, 5.74) is 0. The highest BCUT2D eigenvalue weighted by Crippen LogP contribution is 2.21. The second-order valence-electron chi connectivity index (χ2n) is 6.09. The van der Waals surface area contributed by atoms with Gasteiger partial charge in [-0.1, -0.05) is 13.8 Å². The predicted octanol–water partition coefficient (Wildman–Crippen LogP) is -0.206. The van der Waals surface area contributed by atoms with Gasteiger partial charge in [0.2, 0.25) is 11.8 Å². The van der Waals surface area contributed by atoms with Crippen molar-refractivity contribution < 1.29 is 18.0 Å². The highest BCUT2D eigenvalue weighted by molar-refractivity contribution is 7.91. The number of sulfone groups is 1. The van der Waals surface area contributed by atoms with Gasteiger partial charge < -0.3 is 10.2 Å². The molecule has 0 spiro atoms. The van der Waals surface area contributed by atoms with Gasteiger partial charge in [-0.15, -0.1) is 0 Å². The molecule has 0 bridgehead atoms. The Kier molecular flexibility index (Phi) is 4.36. The van der Waals surface area contributed by atoms with Crippen LogP contribution in [-0.2, 0) is 19.4 Å². The van der Waals surface area contributed by atoms with E-state index in [0.717, 1.165) is 0 Å². The molecule has 2 saturated heterocycles. The van der Waals surface area contributed by atoms with Gasteiger partial charge >= 0.3 is 0 Å². The summed E-state index contributed by atoms with van der Waals surface area (Å²) in [6.07, 6.45) is 0.897. The highest BCUT2D eigenvalue weighted by atomic mass is 32.2. The first-order valence-corrected chi connectivity index (χ1v) is 8.89. The molecule has 114 valence electrons. The van der Waals surface area contributed by atoms with Crippen LogP contribution in [0.2, 0.25) is 0 Å². The van der Waals surface area contributed by atoms with Crippen molar-refractivity contribution in [3.63, 3.8) is 0 Å². The first-order chi connectivity index (χ1) is 9.28. The molecule has 0 aliphatic carbocycles. The summed E-state index contributed by atoms with van der Waals surface area (Å²) in [6.45, 7) is 4.61. The van der Waals surface area contributed by atoms with Crippen molar-refractivity contribution in [3.8, 4) is 0 Å². The Morgan fingerprint density at radius 3 is 2.60 bits per heavy atom. The molecule has 2 heterocycles. The van der Waals surface area contributed by atoms with Gasteiger partial charge in [-0.2, -0.15) is 0 Å². The molecule has 7 heteroatoms. The van der Waals surface area contributed by atoms with Crippen molar-refractivity contribution in [1.29, 1.82) is 0 Å². The zero-order valence-electron chi connectivity index (χ0n) is 12.0. The van der Waals surface area contributed by atoms with Gasteiger partial charge in [0.15, 0.2) is 9.84 Å². The zero-order valence-corrected chi connectivity index (χ0v) is 12.8. The molecule has 0 radical (unpaired) electrons. The average molecular weight is 302 g/mol. The van der Waals surface area contributed by atoms with Crippen molar-refractivity contribution in [3.05, 3.63) is 0 Å². The van der Waals surface area contributed by atoms with E-state index < -0.39 is 15.9 Å². The van der Waals surface area contributed by atoms with Crippen LogP contribution in [0.5, 0.6) is 0 Å². The lowest BCUT2D eigenvalue weighted by Crippen LogP contribution is -2.48. The quantitative estimate of drug-likeness (QED) is 0.782. The third-order valence-electron chi connectivity index (χ3n) is 3.97. The number of rotatable bonds is 3. The summed E-state index contributed by atoms with van der Waals surface area (Å²) in [7, 11) is -2.93. The smallest absolute Gasteiger partial charge is 0.245 e. The van der Waals surface area contributed by atoms with Crippen LogP contribution in [0.3, 0.4) is 0 Å². The van der Waals surface area contributed by atoms with E-state index >= 15 is 0 Å². The summed E-state index contributed by atoms with van der Waals surface area (Å²) < 4.78 is 23.0. The normalized spacial score (nSPS) is 30.4. The topological polar surface area (TPSA) is 83.6 Å². The standard InChI is InChI=1S/C13H22N2O4S/c1-9(2)12-13(17)15(5-3-11(16)14-12)7-10-4-6-20(18,19)8-10/h9-10,12H,3-8H2,1-2H3,(H,14,16). The number of nitrogens with one attached hydrogen (secondary N) is 1. The van der Waals surface area contributed by atoms with Crippen LogP contribution in [-0.4, -0.2) is 55.8 Å². The molecule has 2 atom stereocenters. The Labute approximate surface area is 119 Å². The Bertz CT molecular complexity index is 501. The Morgan fingerprint density at radius 2 is 2.05 bits per heavy atom. The summed E-state index contributed by atoms with van der Waals surface area (Å²) in [5, 5.41) is 2.75. The fourth-order valence-electron chi connectivity index (χ4n) is 2.81. The Hall–Kier alpha value is -1.11. The molecule has 2 aliphatic rings. The van der Waals surface area contributed by atoms with Gasteiger partial charge in [0.25, 0.3) is 0 Å². The van der Waals surface area contributed by atoms with E-state index in [2.05, 4.69) is 5.32 Å². The first-order valence-electron chi connectivity index (χ1n) is 7.07.